The molecule has 0 atom stereocenters. The minimum absolute atomic E-state index is 0.0369. The minimum atomic E-state index is -0.0369. The Labute approximate surface area is 107 Å². The lowest BCUT2D eigenvalue weighted by Gasteiger charge is -2.35. The second-order valence-corrected chi connectivity index (χ2v) is 4.50. The van der Waals surface area contributed by atoms with Gasteiger partial charge in [-0.05, 0) is 18.2 Å². The Morgan fingerprint density at radius 1 is 1.28 bits per heavy atom. The number of aliphatic hydroxyl groups is 1. The van der Waals surface area contributed by atoms with Crippen molar-refractivity contribution in [3.05, 3.63) is 23.8 Å². The molecule has 0 unspecified atom stereocenters. The number of carbonyl (C=O) groups excluding carboxylic acids is 1. The topological polar surface area (TPSA) is 69.8 Å². The second-order valence-electron chi connectivity index (χ2n) is 4.50. The van der Waals surface area contributed by atoms with Crippen LogP contribution in [-0.4, -0.2) is 49.0 Å². The van der Waals surface area contributed by atoms with E-state index in [4.69, 9.17) is 5.73 Å². The first-order chi connectivity index (χ1) is 8.74. The summed E-state index contributed by atoms with van der Waals surface area (Å²) in [5.41, 5.74) is 8.24. The standard InChI is InChI=1S/C13H19N3O2/c14-13-2-1-12(9-11(13)10-18)16-5-3-15(4-6-16)7-8-17/h1-2,8-9,18H,3-7,10,14H2. The third-order valence-electron chi connectivity index (χ3n) is 3.37. The lowest BCUT2D eigenvalue weighted by atomic mass is 10.1. The number of carbonyl (C=O) groups is 1. The van der Waals surface area contributed by atoms with Gasteiger partial charge in [0.05, 0.1) is 13.2 Å². The highest BCUT2D eigenvalue weighted by atomic mass is 16.3. The van der Waals surface area contributed by atoms with Crippen LogP contribution in [0.1, 0.15) is 5.56 Å². The molecule has 0 aromatic heterocycles. The van der Waals surface area contributed by atoms with Crippen molar-refractivity contribution in [2.45, 2.75) is 6.61 Å². The zero-order valence-corrected chi connectivity index (χ0v) is 10.4. The highest BCUT2D eigenvalue weighted by Gasteiger charge is 2.17. The Hall–Kier alpha value is -1.59. The Bertz CT molecular complexity index is 415. The van der Waals surface area contributed by atoms with Gasteiger partial charge < -0.3 is 20.5 Å². The van der Waals surface area contributed by atoms with Gasteiger partial charge in [-0.15, -0.1) is 0 Å². The Kier molecular flexibility index (Phi) is 4.17. The quantitative estimate of drug-likeness (QED) is 0.584. The number of aliphatic hydroxyl groups excluding tert-OH is 1. The maximum Gasteiger partial charge on any atom is 0.133 e. The molecular formula is C13H19N3O2. The van der Waals surface area contributed by atoms with Gasteiger partial charge in [0.1, 0.15) is 6.29 Å². The average Bonchev–Trinajstić information content (AvgIpc) is 2.41. The van der Waals surface area contributed by atoms with Gasteiger partial charge in [-0.3, -0.25) is 4.90 Å². The monoisotopic (exact) mass is 249 g/mol. The largest absolute Gasteiger partial charge is 0.398 e. The number of benzene rings is 1. The Balaban J connectivity index is 2.03. The van der Waals surface area contributed by atoms with Crippen molar-refractivity contribution in [3.8, 4) is 0 Å². The molecule has 1 aliphatic rings. The molecule has 1 heterocycles. The molecule has 3 N–H and O–H groups in total. The molecule has 0 bridgehead atoms. The normalized spacial score (nSPS) is 16.8. The first kappa shape index (κ1) is 12.9. The Morgan fingerprint density at radius 2 is 2.00 bits per heavy atom. The summed E-state index contributed by atoms with van der Waals surface area (Å²) >= 11 is 0. The molecule has 5 heteroatoms. The van der Waals surface area contributed by atoms with Crippen LogP contribution in [0.3, 0.4) is 0 Å². The Morgan fingerprint density at radius 3 is 2.61 bits per heavy atom. The van der Waals surface area contributed by atoms with Crippen molar-refractivity contribution >= 4 is 17.7 Å². The predicted octanol–water partition coefficient (Wildman–Crippen LogP) is 0.0820. The third-order valence-corrected chi connectivity index (χ3v) is 3.37. The average molecular weight is 249 g/mol. The van der Waals surface area contributed by atoms with Gasteiger partial charge in [-0.2, -0.15) is 0 Å². The van der Waals surface area contributed by atoms with E-state index in [1.165, 1.54) is 0 Å². The van der Waals surface area contributed by atoms with Crippen LogP contribution in [0.5, 0.6) is 0 Å². The molecule has 98 valence electrons. The van der Waals surface area contributed by atoms with Gasteiger partial charge in [0.2, 0.25) is 0 Å². The molecule has 18 heavy (non-hydrogen) atoms. The van der Waals surface area contributed by atoms with Crippen molar-refractivity contribution < 1.29 is 9.90 Å². The molecule has 5 nitrogen and oxygen atoms in total. The van der Waals surface area contributed by atoms with E-state index in [2.05, 4.69) is 9.80 Å². The molecular weight excluding hydrogens is 230 g/mol. The molecule has 0 saturated carbocycles. The summed E-state index contributed by atoms with van der Waals surface area (Å²) in [4.78, 5) is 14.8. The van der Waals surface area contributed by atoms with Crippen molar-refractivity contribution in [3.63, 3.8) is 0 Å². The molecule has 1 fully saturated rings. The fourth-order valence-electron chi connectivity index (χ4n) is 2.22. The van der Waals surface area contributed by atoms with Gasteiger partial charge in [0, 0.05) is 43.1 Å². The van der Waals surface area contributed by atoms with Gasteiger partial charge in [0.25, 0.3) is 0 Å². The van der Waals surface area contributed by atoms with E-state index in [-0.39, 0.29) is 6.61 Å². The summed E-state index contributed by atoms with van der Waals surface area (Å²) in [6.07, 6.45) is 0.947. The molecule has 2 rings (SSSR count). The molecule has 0 aliphatic carbocycles. The van der Waals surface area contributed by atoms with E-state index in [0.29, 0.717) is 12.2 Å². The number of nitrogens with zero attached hydrogens (tertiary/aromatic N) is 2. The van der Waals surface area contributed by atoms with Gasteiger partial charge >= 0.3 is 0 Å². The van der Waals surface area contributed by atoms with E-state index in [0.717, 1.165) is 43.7 Å². The van der Waals surface area contributed by atoms with E-state index in [1.807, 2.05) is 18.2 Å². The number of hydrogen-bond acceptors (Lipinski definition) is 5. The van der Waals surface area contributed by atoms with Crippen LogP contribution in [0.4, 0.5) is 11.4 Å². The van der Waals surface area contributed by atoms with E-state index >= 15 is 0 Å². The van der Waals surface area contributed by atoms with Crippen LogP contribution >= 0.6 is 0 Å². The summed E-state index contributed by atoms with van der Waals surface area (Å²) in [5.74, 6) is 0. The fraction of sp³-hybridized carbons (Fsp3) is 0.462. The number of nitrogens with two attached hydrogens (primary N) is 1. The van der Waals surface area contributed by atoms with Crippen LogP contribution in [-0.2, 0) is 11.4 Å². The van der Waals surface area contributed by atoms with Crippen molar-refractivity contribution in [1.29, 1.82) is 0 Å². The minimum Gasteiger partial charge on any atom is -0.398 e. The summed E-state index contributed by atoms with van der Waals surface area (Å²) in [5, 5.41) is 9.21. The number of rotatable bonds is 4. The number of piperazine rings is 1. The number of aldehydes is 1. The molecule has 1 aliphatic heterocycles. The van der Waals surface area contributed by atoms with Gasteiger partial charge in [0.15, 0.2) is 0 Å². The summed E-state index contributed by atoms with van der Waals surface area (Å²) in [7, 11) is 0. The predicted molar refractivity (Wildman–Crippen MR) is 71.5 cm³/mol. The van der Waals surface area contributed by atoms with E-state index in [9.17, 15) is 9.90 Å². The van der Waals surface area contributed by atoms with Crippen molar-refractivity contribution in [2.75, 3.05) is 43.4 Å². The molecule has 0 spiro atoms. The van der Waals surface area contributed by atoms with Gasteiger partial charge in [-0.1, -0.05) is 0 Å². The number of nitrogen functional groups attached to an aromatic ring is 1. The van der Waals surface area contributed by atoms with E-state index < -0.39 is 0 Å². The van der Waals surface area contributed by atoms with Gasteiger partial charge in [-0.25, -0.2) is 0 Å². The highest BCUT2D eigenvalue weighted by molar-refractivity contribution is 5.58. The maximum absolute atomic E-state index is 10.4. The summed E-state index contributed by atoms with van der Waals surface area (Å²) in [6.45, 7) is 4.03. The molecule has 0 radical (unpaired) electrons. The first-order valence-corrected chi connectivity index (χ1v) is 6.15. The highest BCUT2D eigenvalue weighted by Crippen LogP contribution is 2.22. The molecule has 1 saturated heterocycles. The zero-order chi connectivity index (χ0) is 13.0. The third kappa shape index (κ3) is 2.80. The molecule has 1 aromatic rings. The van der Waals surface area contributed by atoms with Crippen LogP contribution in [0, 0.1) is 0 Å². The number of hydrogen-bond donors (Lipinski definition) is 2. The second kappa shape index (κ2) is 5.84. The lowest BCUT2D eigenvalue weighted by molar-refractivity contribution is -0.108. The molecule has 0 amide bonds. The van der Waals surface area contributed by atoms with Crippen molar-refractivity contribution in [1.82, 2.24) is 4.90 Å². The number of anilines is 2. The van der Waals surface area contributed by atoms with Crippen LogP contribution in [0.15, 0.2) is 18.2 Å². The summed E-state index contributed by atoms with van der Waals surface area (Å²) < 4.78 is 0. The fourth-order valence-corrected chi connectivity index (χ4v) is 2.22. The molecule has 1 aromatic carbocycles. The maximum atomic E-state index is 10.4. The SMILES string of the molecule is Nc1ccc(N2CCN(CC=O)CC2)cc1CO. The first-order valence-electron chi connectivity index (χ1n) is 6.15. The van der Waals surface area contributed by atoms with E-state index in [1.54, 1.807) is 0 Å². The van der Waals surface area contributed by atoms with Crippen LogP contribution < -0.4 is 10.6 Å². The van der Waals surface area contributed by atoms with Crippen LogP contribution in [0.25, 0.3) is 0 Å². The smallest absolute Gasteiger partial charge is 0.133 e. The van der Waals surface area contributed by atoms with Crippen molar-refractivity contribution in [2.24, 2.45) is 0 Å². The summed E-state index contributed by atoms with van der Waals surface area (Å²) in [6, 6.07) is 5.74. The zero-order valence-electron chi connectivity index (χ0n) is 10.4. The van der Waals surface area contributed by atoms with Crippen LogP contribution in [0.2, 0.25) is 0 Å². The lowest BCUT2D eigenvalue weighted by Crippen LogP contribution is -2.46.